The van der Waals surface area contributed by atoms with Crippen LogP contribution in [-0.2, 0) is 9.59 Å². The molecule has 0 bridgehead atoms. The first kappa shape index (κ1) is 13.6. The summed E-state index contributed by atoms with van der Waals surface area (Å²) in [6.07, 6.45) is 3.71. The summed E-state index contributed by atoms with van der Waals surface area (Å²) in [4.78, 5) is 26.2. The van der Waals surface area contributed by atoms with E-state index >= 15 is 0 Å². The topological polar surface area (TPSA) is 49.4 Å². The first-order valence-electron chi connectivity index (χ1n) is 7.00. The molecular formula is C15H17BrN2O2. The second-order valence-corrected chi connectivity index (χ2v) is 6.36. The lowest BCUT2D eigenvalue weighted by atomic mass is 9.92. The van der Waals surface area contributed by atoms with Crippen molar-refractivity contribution in [1.82, 2.24) is 4.90 Å². The van der Waals surface area contributed by atoms with E-state index < -0.39 is 0 Å². The number of carbonyl (C=O) groups is 2. The number of rotatable bonds is 3. The monoisotopic (exact) mass is 336 g/mol. The van der Waals surface area contributed by atoms with Crippen LogP contribution in [-0.4, -0.2) is 29.3 Å². The third-order valence-electron chi connectivity index (χ3n) is 4.18. The predicted octanol–water partition coefficient (Wildman–Crippen LogP) is 2.79. The molecule has 0 radical (unpaired) electrons. The Labute approximate surface area is 126 Å². The van der Waals surface area contributed by atoms with Gasteiger partial charge in [0, 0.05) is 23.5 Å². The predicted molar refractivity (Wildman–Crippen MR) is 80.2 cm³/mol. The molecule has 1 aliphatic carbocycles. The fourth-order valence-corrected chi connectivity index (χ4v) is 3.14. The molecule has 1 heterocycles. The highest BCUT2D eigenvalue weighted by Gasteiger charge is 2.39. The Hall–Kier alpha value is -1.36. The molecule has 106 valence electrons. The minimum atomic E-state index is -0.227. The second-order valence-electron chi connectivity index (χ2n) is 5.50. The van der Waals surface area contributed by atoms with E-state index in [9.17, 15) is 9.59 Å². The van der Waals surface area contributed by atoms with Crippen molar-refractivity contribution in [3.8, 4) is 0 Å². The minimum Gasteiger partial charge on any atom is -0.339 e. The number of likely N-dealkylation sites (tertiary alicyclic amines) is 1. The van der Waals surface area contributed by atoms with Crippen molar-refractivity contribution in [2.24, 2.45) is 5.92 Å². The van der Waals surface area contributed by atoms with Crippen LogP contribution in [0.25, 0.3) is 0 Å². The average molecular weight is 337 g/mol. The van der Waals surface area contributed by atoms with Crippen LogP contribution >= 0.6 is 15.9 Å². The lowest BCUT2D eigenvalue weighted by Gasteiger charge is -2.34. The average Bonchev–Trinajstić information content (AvgIpc) is 2.73. The number of anilines is 1. The Kier molecular flexibility index (Phi) is 3.78. The number of nitrogens with zero attached hydrogens (tertiary/aromatic N) is 1. The standard InChI is InChI=1S/C15H17BrN2O2/c16-12-6-1-2-7-13(12)17-15(20)10-8-14(19)18(9-10)11-4-3-5-11/h1-2,6-7,10-11H,3-5,8-9H2,(H,17,20). The molecule has 1 aliphatic heterocycles. The zero-order valence-corrected chi connectivity index (χ0v) is 12.7. The summed E-state index contributed by atoms with van der Waals surface area (Å²) in [5.74, 6) is -0.163. The number of para-hydroxylation sites is 1. The van der Waals surface area contributed by atoms with Gasteiger partial charge >= 0.3 is 0 Å². The highest BCUT2D eigenvalue weighted by atomic mass is 79.9. The van der Waals surface area contributed by atoms with Crippen molar-refractivity contribution in [3.05, 3.63) is 28.7 Å². The van der Waals surface area contributed by atoms with Crippen molar-refractivity contribution in [3.63, 3.8) is 0 Å². The number of halogens is 1. The van der Waals surface area contributed by atoms with Gasteiger partial charge in [0.2, 0.25) is 11.8 Å². The first-order valence-corrected chi connectivity index (χ1v) is 7.79. The zero-order chi connectivity index (χ0) is 14.1. The first-order chi connectivity index (χ1) is 9.65. The number of carbonyl (C=O) groups excluding carboxylic acids is 2. The Morgan fingerprint density at radius 3 is 2.70 bits per heavy atom. The van der Waals surface area contributed by atoms with Gasteiger partial charge in [-0.25, -0.2) is 0 Å². The molecule has 2 fully saturated rings. The molecule has 5 heteroatoms. The van der Waals surface area contributed by atoms with Gasteiger partial charge in [0.15, 0.2) is 0 Å². The van der Waals surface area contributed by atoms with E-state index in [0.717, 1.165) is 23.0 Å². The zero-order valence-electron chi connectivity index (χ0n) is 11.1. The van der Waals surface area contributed by atoms with Crippen LogP contribution < -0.4 is 5.32 Å². The Balaban J connectivity index is 1.64. The molecule has 1 saturated carbocycles. The van der Waals surface area contributed by atoms with Crippen LogP contribution in [0.3, 0.4) is 0 Å². The van der Waals surface area contributed by atoms with Crippen LogP contribution in [0.4, 0.5) is 5.69 Å². The van der Waals surface area contributed by atoms with Crippen LogP contribution in [0.2, 0.25) is 0 Å². The Morgan fingerprint density at radius 1 is 1.30 bits per heavy atom. The van der Waals surface area contributed by atoms with Crippen molar-refractivity contribution < 1.29 is 9.59 Å². The fraction of sp³-hybridized carbons (Fsp3) is 0.467. The fourth-order valence-electron chi connectivity index (χ4n) is 2.76. The van der Waals surface area contributed by atoms with E-state index in [1.54, 1.807) is 0 Å². The number of nitrogens with one attached hydrogen (secondary N) is 1. The molecule has 2 aliphatic rings. The largest absolute Gasteiger partial charge is 0.339 e. The molecule has 3 rings (SSSR count). The van der Waals surface area contributed by atoms with Crippen LogP contribution in [0, 0.1) is 5.92 Å². The lowest BCUT2D eigenvalue weighted by Crippen LogP contribution is -2.41. The van der Waals surface area contributed by atoms with Gasteiger partial charge in [-0.2, -0.15) is 0 Å². The molecule has 0 spiro atoms. The molecule has 1 N–H and O–H groups in total. The molecule has 1 unspecified atom stereocenters. The van der Waals surface area contributed by atoms with Crippen LogP contribution in [0.1, 0.15) is 25.7 Å². The van der Waals surface area contributed by atoms with E-state index in [1.807, 2.05) is 29.2 Å². The molecule has 4 nitrogen and oxygen atoms in total. The van der Waals surface area contributed by atoms with E-state index in [4.69, 9.17) is 0 Å². The van der Waals surface area contributed by atoms with Crippen molar-refractivity contribution in [1.29, 1.82) is 0 Å². The number of amides is 2. The summed E-state index contributed by atoms with van der Waals surface area (Å²) in [6, 6.07) is 7.89. The van der Waals surface area contributed by atoms with Gasteiger partial charge in [-0.05, 0) is 47.3 Å². The van der Waals surface area contributed by atoms with Crippen LogP contribution in [0.5, 0.6) is 0 Å². The highest BCUT2D eigenvalue weighted by Crippen LogP contribution is 2.31. The van der Waals surface area contributed by atoms with E-state index in [-0.39, 0.29) is 17.7 Å². The molecular weight excluding hydrogens is 320 g/mol. The molecule has 1 atom stereocenters. The molecule has 2 amide bonds. The van der Waals surface area contributed by atoms with Gasteiger partial charge in [0.25, 0.3) is 0 Å². The molecule has 1 aromatic rings. The summed E-state index contributed by atoms with van der Waals surface area (Å²) >= 11 is 3.41. The second kappa shape index (κ2) is 5.56. The van der Waals surface area contributed by atoms with Gasteiger partial charge in [-0.3, -0.25) is 9.59 Å². The summed E-state index contributed by atoms with van der Waals surface area (Å²) < 4.78 is 0.855. The molecule has 20 heavy (non-hydrogen) atoms. The van der Waals surface area contributed by atoms with Crippen molar-refractivity contribution in [2.75, 3.05) is 11.9 Å². The number of hydrogen-bond acceptors (Lipinski definition) is 2. The van der Waals surface area contributed by atoms with Gasteiger partial charge in [0.1, 0.15) is 0 Å². The molecule has 0 aromatic heterocycles. The van der Waals surface area contributed by atoms with E-state index in [1.165, 1.54) is 6.42 Å². The summed E-state index contributed by atoms with van der Waals surface area (Å²) in [5.41, 5.74) is 0.757. The van der Waals surface area contributed by atoms with Gasteiger partial charge in [-0.15, -0.1) is 0 Å². The van der Waals surface area contributed by atoms with Gasteiger partial charge < -0.3 is 10.2 Å². The normalized spacial score (nSPS) is 22.8. The maximum atomic E-state index is 12.3. The quantitative estimate of drug-likeness (QED) is 0.922. The highest BCUT2D eigenvalue weighted by molar-refractivity contribution is 9.10. The van der Waals surface area contributed by atoms with E-state index in [0.29, 0.717) is 19.0 Å². The van der Waals surface area contributed by atoms with Crippen LogP contribution in [0.15, 0.2) is 28.7 Å². The molecule has 1 saturated heterocycles. The third kappa shape index (κ3) is 2.59. The van der Waals surface area contributed by atoms with Crippen molar-refractivity contribution in [2.45, 2.75) is 31.7 Å². The minimum absolute atomic E-state index is 0.0629. The lowest BCUT2D eigenvalue weighted by molar-refractivity contribution is -0.131. The van der Waals surface area contributed by atoms with Gasteiger partial charge in [0.05, 0.1) is 11.6 Å². The Bertz CT molecular complexity index is 542. The summed E-state index contributed by atoms with van der Waals surface area (Å²) in [7, 11) is 0. The maximum absolute atomic E-state index is 12.3. The number of hydrogen-bond donors (Lipinski definition) is 1. The number of benzene rings is 1. The SMILES string of the molecule is O=C(Nc1ccccc1Br)C1CC(=O)N(C2CCC2)C1. The maximum Gasteiger partial charge on any atom is 0.229 e. The molecule has 1 aromatic carbocycles. The van der Waals surface area contributed by atoms with Gasteiger partial charge in [-0.1, -0.05) is 12.1 Å². The van der Waals surface area contributed by atoms with Crippen molar-refractivity contribution >= 4 is 33.4 Å². The summed E-state index contributed by atoms with van der Waals surface area (Å²) in [6.45, 7) is 0.569. The summed E-state index contributed by atoms with van der Waals surface area (Å²) in [5, 5.41) is 2.90. The van der Waals surface area contributed by atoms with E-state index in [2.05, 4.69) is 21.2 Å². The Morgan fingerprint density at radius 2 is 2.05 bits per heavy atom. The smallest absolute Gasteiger partial charge is 0.229 e. The third-order valence-corrected chi connectivity index (χ3v) is 4.87.